The Morgan fingerprint density at radius 1 is 1.10 bits per heavy atom. The Morgan fingerprint density at radius 2 is 1.90 bits per heavy atom. The summed E-state index contributed by atoms with van der Waals surface area (Å²) < 4.78 is 0. The molecule has 1 N–H and O–H groups in total. The van der Waals surface area contributed by atoms with Crippen LogP contribution in [0.25, 0.3) is 11.3 Å². The lowest BCUT2D eigenvalue weighted by atomic mass is 10.0. The molecule has 2 aromatic heterocycles. The van der Waals surface area contributed by atoms with Crippen LogP contribution in [0.1, 0.15) is 17.4 Å². The predicted molar refractivity (Wildman–Crippen MR) is 91.4 cm³/mol. The lowest BCUT2D eigenvalue weighted by Crippen LogP contribution is -1.96. The maximum Gasteiger partial charge on any atom is 0.188 e. The van der Waals surface area contributed by atoms with Crippen LogP contribution in [0.5, 0.6) is 0 Å². The highest BCUT2D eigenvalue weighted by Crippen LogP contribution is 2.26. The van der Waals surface area contributed by atoms with Crippen LogP contribution in [0.2, 0.25) is 0 Å². The molecule has 3 nitrogen and oxygen atoms in total. The topological polar surface area (TPSA) is 37.8 Å². The normalized spacial score (nSPS) is 10.6. The lowest BCUT2D eigenvalue weighted by molar-refractivity contribution is 1.25. The second kappa shape index (κ2) is 5.66. The number of benzene rings is 1. The molecule has 0 fully saturated rings. The van der Waals surface area contributed by atoms with Crippen LogP contribution >= 0.6 is 11.3 Å². The molecule has 21 heavy (non-hydrogen) atoms. The van der Waals surface area contributed by atoms with Gasteiger partial charge in [0.05, 0.1) is 5.69 Å². The number of rotatable bonds is 3. The predicted octanol–water partition coefficient (Wildman–Crippen LogP) is 5.12. The molecule has 0 atom stereocenters. The van der Waals surface area contributed by atoms with Crippen molar-refractivity contribution in [1.29, 1.82) is 0 Å². The van der Waals surface area contributed by atoms with Gasteiger partial charge in [-0.05, 0) is 44.0 Å². The highest BCUT2D eigenvalue weighted by Gasteiger charge is 2.07. The largest absolute Gasteiger partial charge is 0.316 e. The summed E-state index contributed by atoms with van der Waals surface area (Å²) in [6, 6.07) is 12.5. The summed E-state index contributed by atoms with van der Waals surface area (Å²) in [4.78, 5) is 10.2. The van der Waals surface area contributed by atoms with E-state index < -0.39 is 0 Å². The third-order valence-electron chi connectivity index (χ3n) is 3.25. The average molecular weight is 297 g/mol. The smallest absolute Gasteiger partial charge is 0.188 e. The molecule has 2 heterocycles. The Balaban J connectivity index is 0.00000176. The zero-order chi connectivity index (χ0) is 14.8. The van der Waals surface area contributed by atoms with E-state index in [1.54, 1.807) is 11.3 Å². The molecule has 0 aliphatic rings. The van der Waals surface area contributed by atoms with Gasteiger partial charge in [0.25, 0.3) is 0 Å². The molecule has 0 saturated carbocycles. The Bertz CT molecular complexity index is 783. The zero-order valence-corrected chi connectivity index (χ0v) is 13.2. The summed E-state index contributed by atoms with van der Waals surface area (Å²) in [6.45, 7) is 6.24. The van der Waals surface area contributed by atoms with Crippen LogP contribution < -0.4 is 5.32 Å². The minimum Gasteiger partial charge on any atom is -0.316 e. The van der Waals surface area contributed by atoms with E-state index in [0.717, 1.165) is 16.6 Å². The van der Waals surface area contributed by atoms with Crippen LogP contribution in [-0.4, -0.2) is 9.97 Å². The first kappa shape index (κ1) is 13.8. The average Bonchev–Trinajstić information content (AvgIpc) is 2.84. The van der Waals surface area contributed by atoms with E-state index in [-0.39, 0.29) is 1.43 Å². The van der Waals surface area contributed by atoms with E-state index in [4.69, 9.17) is 4.98 Å². The number of hydrogen-bond donors (Lipinski definition) is 1. The molecule has 0 radical (unpaired) electrons. The van der Waals surface area contributed by atoms with Crippen molar-refractivity contribution < 1.29 is 1.43 Å². The fourth-order valence-electron chi connectivity index (χ4n) is 2.25. The van der Waals surface area contributed by atoms with Crippen LogP contribution in [0, 0.1) is 20.8 Å². The second-order valence-electron chi connectivity index (χ2n) is 5.13. The number of aromatic nitrogens is 2. The quantitative estimate of drug-likeness (QED) is 0.729. The number of nitrogens with zero attached hydrogens (tertiary/aromatic N) is 2. The fraction of sp³-hybridized carbons (Fsp3) is 0.176. The zero-order valence-electron chi connectivity index (χ0n) is 12.3. The summed E-state index contributed by atoms with van der Waals surface area (Å²) in [5, 5.41) is 4.17. The molecule has 4 heteroatoms. The number of thiazole rings is 1. The van der Waals surface area contributed by atoms with Crippen molar-refractivity contribution in [3.05, 3.63) is 58.6 Å². The number of nitrogens with one attached hydrogen (secondary N) is 1. The summed E-state index contributed by atoms with van der Waals surface area (Å²) in [7, 11) is 0. The molecule has 0 bridgehead atoms. The van der Waals surface area contributed by atoms with E-state index in [9.17, 15) is 0 Å². The Hall–Kier alpha value is -2.20. The molecule has 0 aliphatic carbocycles. The van der Waals surface area contributed by atoms with Gasteiger partial charge < -0.3 is 5.32 Å². The first-order valence-corrected chi connectivity index (χ1v) is 7.67. The summed E-state index contributed by atoms with van der Waals surface area (Å²) in [5.74, 6) is 0.836. The van der Waals surface area contributed by atoms with Crippen LogP contribution in [-0.2, 0) is 0 Å². The first-order valence-electron chi connectivity index (χ1n) is 6.86. The fourth-order valence-corrected chi connectivity index (χ4v) is 2.92. The van der Waals surface area contributed by atoms with Gasteiger partial charge in [-0.1, -0.05) is 24.3 Å². The monoisotopic (exact) mass is 297 g/mol. The molecular formula is C17H19N3S. The lowest BCUT2D eigenvalue weighted by Gasteiger charge is -2.09. The van der Waals surface area contributed by atoms with Crippen molar-refractivity contribution in [3.8, 4) is 11.3 Å². The van der Waals surface area contributed by atoms with Crippen molar-refractivity contribution in [2.75, 3.05) is 5.32 Å². The minimum atomic E-state index is 0. The molecule has 108 valence electrons. The Labute approximate surface area is 130 Å². The molecule has 0 unspecified atom stereocenters. The molecule has 3 rings (SSSR count). The second-order valence-corrected chi connectivity index (χ2v) is 6.37. The van der Waals surface area contributed by atoms with Crippen LogP contribution in [0.3, 0.4) is 0 Å². The number of anilines is 2. The molecule has 1 aromatic carbocycles. The van der Waals surface area contributed by atoms with E-state index in [2.05, 4.69) is 42.3 Å². The standard InChI is InChI=1S/C17H17N3S.H2/c1-11-8-15(14-7-5-4-6-12(14)2)19-16(9-11)20-17-18-10-13(3)21-17;/h4-10H,1-3H3,(H,18,19,20);1H. The summed E-state index contributed by atoms with van der Waals surface area (Å²) in [6.07, 6.45) is 1.87. The van der Waals surface area contributed by atoms with Crippen LogP contribution in [0.15, 0.2) is 42.6 Å². The van der Waals surface area contributed by atoms with E-state index in [1.807, 2.05) is 31.3 Å². The van der Waals surface area contributed by atoms with Crippen molar-refractivity contribution in [3.63, 3.8) is 0 Å². The third-order valence-corrected chi connectivity index (χ3v) is 4.08. The highest BCUT2D eigenvalue weighted by molar-refractivity contribution is 7.15. The third kappa shape index (κ3) is 3.11. The number of hydrogen-bond acceptors (Lipinski definition) is 4. The van der Waals surface area contributed by atoms with Crippen molar-refractivity contribution >= 4 is 22.3 Å². The first-order chi connectivity index (χ1) is 10.1. The van der Waals surface area contributed by atoms with Gasteiger partial charge in [0, 0.05) is 18.1 Å². The van der Waals surface area contributed by atoms with Gasteiger partial charge >= 0.3 is 0 Å². The maximum atomic E-state index is 4.72. The maximum absolute atomic E-state index is 4.72. The van der Waals surface area contributed by atoms with Gasteiger partial charge in [-0.15, -0.1) is 11.3 Å². The molecular weight excluding hydrogens is 278 g/mol. The van der Waals surface area contributed by atoms with Gasteiger partial charge in [0.1, 0.15) is 5.82 Å². The van der Waals surface area contributed by atoms with Gasteiger partial charge in [0.2, 0.25) is 0 Å². The van der Waals surface area contributed by atoms with Crippen molar-refractivity contribution in [1.82, 2.24) is 9.97 Å². The Morgan fingerprint density at radius 3 is 2.62 bits per heavy atom. The van der Waals surface area contributed by atoms with Gasteiger partial charge in [-0.25, -0.2) is 9.97 Å². The van der Waals surface area contributed by atoms with Crippen molar-refractivity contribution in [2.45, 2.75) is 20.8 Å². The molecule has 3 aromatic rings. The Kier molecular flexibility index (Phi) is 3.71. The molecule has 0 saturated heterocycles. The SMILES string of the molecule is Cc1cc(Nc2ncc(C)s2)nc(-c2ccccc2C)c1.[HH]. The molecule has 0 spiro atoms. The highest BCUT2D eigenvalue weighted by atomic mass is 32.1. The number of pyridine rings is 1. The molecule has 0 aliphatic heterocycles. The van der Waals surface area contributed by atoms with Crippen LogP contribution in [0.4, 0.5) is 10.9 Å². The van der Waals surface area contributed by atoms with E-state index in [1.165, 1.54) is 21.6 Å². The number of aryl methyl sites for hydroxylation is 3. The van der Waals surface area contributed by atoms with E-state index in [0.29, 0.717) is 0 Å². The summed E-state index contributed by atoms with van der Waals surface area (Å²) in [5.41, 5.74) is 4.56. The van der Waals surface area contributed by atoms with Gasteiger partial charge in [0.15, 0.2) is 5.13 Å². The van der Waals surface area contributed by atoms with E-state index >= 15 is 0 Å². The minimum absolute atomic E-state index is 0. The van der Waals surface area contributed by atoms with Crippen molar-refractivity contribution in [2.24, 2.45) is 0 Å². The molecule has 0 amide bonds. The summed E-state index contributed by atoms with van der Waals surface area (Å²) >= 11 is 1.63. The van der Waals surface area contributed by atoms with Gasteiger partial charge in [-0.3, -0.25) is 0 Å². The van der Waals surface area contributed by atoms with Gasteiger partial charge in [-0.2, -0.15) is 0 Å².